The summed E-state index contributed by atoms with van der Waals surface area (Å²) < 4.78 is 5.78. The van der Waals surface area contributed by atoms with Crippen LogP contribution in [0, 0.1) is 0 Å². The van der Waals surface area contributed by atoms with Gasteiger partial charge in [0.05, 0.1) is 16.5 Å². The summed E-state index contributed by atoms with van der Waals surface area (Å²) in [5.41, 5.74) is 1.81. The number of carbonyl (C=O) groups excluding carboxylic acids is 1. The highest BCUT2D eigenvalue weighted by Crippen LogP contribution is 2.28. The number of ether oxygens (including phenoxy) is 1. The zero-order chi connectivity index (χ0) is 14.7. The van der Waals surface area contributed by atoms with E-state index >= 15 is 0 Å². The molecule has 2 aromatic rings. The van der Waals surface area contributed by atoms with Crippen molar-refractivity contribution in [3.8, 4) is 5.75 Å². The molecule has 0 N–H and O–H groups in total. The van der Waals surface area contributed by atoms with Gasteiger partial charge < -0.3 is 4.74 Å². The quantitative estimate of drug-likeness (QED) is 0.732. The Bertz CT molecular complexity index is 583. The van der Waals surface area contributed by atoms with Gasteiger partial charge in [-0.15, -0.1) is 11.3 Å². The minimum absolute atomic E-state index is 0.0400. The number of carbonyl (C=O) groups is 1. The smallest absolute Gasteiger partial charge is 0.206 e. The Hall–Kier alpha value is -1.61. The van der Waals surface area contributed by atoms with Gasteiger partial charge in [0.15, 0.2) is 0 Å². The first-order valence-corrected chi connectivity index (χ1v) is 7.75. The largest absolute Gasteiger partial charge is 0.490 e. The summed E-state index contributed by atoms with van der Waals surface area (Å²) >= 11 is 1.46. The standard InChI is InChI=1S/C17H20O2S/c1-11(2)13-7-8-15(19-12(3)4)14(10-13)17(18)16-6-5-9-20-16/h5-12H,1-4H3. The Morgan fingerprint density at radius 3 is 2.45 bits per heavy atom. The first-order valence-electron chi connectivity index (χ1n) is 6.88. The molecule has 2 nitrogen and oxygen atoms in total. The van der Waals surface area contributed by atoms with E-state index in [1.807, 2.05) is 49.6 Å². The van der Waals surface area contributed by atoms with Crippen LogP contribution in [-0.4, -0.2) is 11.9 Å². The third-order valence-electron chi connectivity index (χ3n) is 3.02. The maximum absolute atomic E-state index is 12.6. The van der Waals surface area contributed by atoms with Gasteiger partial charge in [0.1, 0.15) is 5.75 Å². The molecule has 106 valence electrons. The molecule has 0 radical (unpaired) electrons. The van der Waals surface area contributed by atoms with Gasteiger partial charge in [-0.25, -0.2) is 0 Å². The summed E-state index contributed by atoms with van der Waals surface area (Å²) in [7, 11) is 0. The lowest BCUT2D eigenvalue weighted by molar-refractivity contribution is 0.103. The second kappa shape index (κ2) is 6.23. The SMILES string of the molecule is CC(C)Oc1ccc(C(C)C)cc1C(=O)c1cccs1. The van der Waals surface area contributed by atoms with Gasteiger partial charge in [0.2, 0.25) is 5.78 Å². The minimum Gasteiger partial charge on any atom is -0.490 e. The van der Waals surface area contributed by atoms with Gasteiger partial charge in [-0.3, -0.25) is 4.79 Å². The van der Waals surface area contributed by atoms with E-state index in [1.54, 1.807) is 0 Å². The van der Waals surface area contributed by atoms with E-state index in [-0.39, 0.29) is 11.9 Å². The van der Waals surface area contributed by atoms with Crippen molar-refractivity contribution in [1.29, 1.82) is 0 Å². The summed E-state index contributed by atoms with van der Waals surface area (Å²) in [4.78, 5) is 13.4. The Labute approximate surface area is 124 Å². The van der Waals surface area contributed by atoms with Crippen LogP contribution in [0.2, 0.25) is 0 Å². The number of rotatable bonds is 5. The van der Waals surface area contributed by atoms with Crippen LogP contribution in [0.3, 0.4) is 0 Å². The summed E-state index contributed by atoms with van der Waals surface area (Å²) in [6, 6.07) is 9.66. The lowest BCUT2D eigenvalue weighted by Gasteiger charge is -2.15. The molecule has 0 aliphatic heterocycles. The fourth-order valence-electron chi connectivity index (χ4n) is 1.98. The van der Waals surface area contributed by atoms with E-state index in [9.17, 15) is 4.79 Å². The molecule has 0 saturated heterocycles. The van der Waals surface area contributed by atoms with E-state index < -0.39 is 0 Å². The fraction of sp³-hybridized carbons (Fsp3) is 0.353. The van der Waals surface area contributed by atoms with Gasteiger partial charge in [0, 0.05) is 0 Å². The monoisotopic (exact) mass is 288 g/mol. The van der Waals surface area contributed by atoms with Crippen molar-refractivity contribution in [2.75, 3.05) is 0 Å². The molecule has 0 aliphatic carbocycles. The predicted octanol–water partition coefficient (Wildman–Crippen LogP) is 4.89. The normalized spacial score (nSPS) is 11.1. The zero-order valence-corrected chi connectivity index (χ0v) is 13.2. The molecular weight excluding hydrogens is 268 g/mol. The Balaban J connectivity index is 2.46. The van der Waals surface area contributed by atoms with Crippen LogP contribution in [0.25, 0.3) is 0 Å². The summed E-state index contributed by atoms with van der Waals surface area (Å²) in [6.07, 6.45) is 0.0507. The van der Waals surface area contributed by atoms with E-state index in [4.69, 9.17) is 4.74 Å². The lowest BCUT2D eigenvalue weighted by Crippen LogP contribution is -2.11. The number of hydrogen-bond acceptors (Lipinski definition) is 3. The molecule has 3 heteroatoms. The van der Waals surface area contributed by atoms with Gasteiger partial charge >= 0.3 is 0 Å². The Kier molecular flexibility index (Phi) is 4.61. The molecule has 0 fully saturated rings. The van der Waals surface area contributed by atoms with Crippen molar-refractivity contribution in [1.82, 2.24) is 0 Å². The number of ketones is 1. The first kappa shape index (κ1) is 14.8. The molecular formula is C17H20O2S. The minimum atomic E-state index is 0.0400. The highest BCUT2D eigenvalue weighted by Gasteiger charge is 2.18. The van der Waals surface area contributed by atoms with E-state index in [0.29, 0.717) is 17.2 Å². The average Bonchev–Trinajstić information content (AvgIpc) is 2.91. The van der Waals surface area contributed by atoms with Crippen molar-refractivity contribution in [2.45, 2.75) is 39.7 Å². The molecule has 0 aliphatic rings. The van der Waals surface area contributed by atoms with Crippen molar-refractivity contribution in [3.05, 3.63) is 51.7 Å². The summed E-state index contributed by atoms with van der Waals surface area (Å²) in [5, 5.41) is 1.92. The van der Waals surface area contributed by atoms with Crippen LogP contribution >= 0.6 is 11.3 Å². The molecule has 1 aromatic heterocycles. The molecule has 0 bridgehead atoms. The van der Waals surface area contributed by atoms with Crippen LogP contribution in [0.4, 0.5) is 0 Å². The van der Waals surface area contributed by atoms with E-state index in [1.165, 1.54) is 11.3 Å². The molecule has 0 spiro atoms. The van der Waals surface area contributed by atoms with Gasteiger partial charge in [0.25, 0.3) is 0 Å². The average molecular weight is 288 g/mol. The highest BCUT2D eigenvalue weighted by molar-refractivity contribution is 7.12. The van der Waals surface area contributed by atoms with Crippen LogP contribution in [0.15, 0.2) is 35.7 Å². The maximum Gasteiger partial charge on any atom is 0.206 e. The molecule has 20 heavy (non-hydrogen) atoms. The molecule has 0 amide bonds. The highest BCUT2D eigenvalue weighted by atomic mass is 32.1. The van der Waals surface area contributed by atoms with Crippen molar-refractivity contribution in [3.63, 3.8) is 0 Å². The summed E-state index contributed by atoms with van der Waals surface area (Å²) in [5.74, 6) is 1.10. The molecule has 0 saturated carbocycles. The fourth-order valence-corrected chi connectivity index (χ4v) is 2.66. The molecule has 2 rings (SSSR count). The van der Waals surface area contributed by atoms with Crippen molar-refractivity contribution in [2.24, 2.45) is 0 Å². The summed E-state index contributed by atoms with van der Waals surface area (Å²) in [6.45, 7) is 8.18. The van der Waals surface area contributed by atoms with Gasteiger partial charge in [-0.2, -0.15) is 0 Å². The predicted molar refractivity (Wildman–Crippen MR) is 84.0 cm³/mol. The second-order valence-corrected chi connectivity index (χ2v) is 6.33. The Morgan fingerprint density at radius 2 is 1.90 bits per heavy atom. The van der Waals surface area contributed by atoms with E-state index in [2.05, 4.69) is 13.8 Å². The van der Waals surface area contributed by atoms with Crippen molar-refractivity contribution < 1.29 is 9.53 Å². The van der Waals surface area contributed by atoms with Crippen LogP contribution in [0.5, 0.6) is 5.75 Å². The van der Waals surface area contributed by atoms with Crippen molar-refractivity contribution >= 4 is 17.1 Å². The topological polar surface area (TPSA) is 26.3 Å². The second-order valence-electron chi connectivity index (χ2n) is 5.38. The number of thiophene rings is 1. The third kappa shape index (κ3) is 3.28. The molecule has 0 atom stereocenters. The molecule has 1 heterocycles. The maximum atomic E-state index is 12.6. The molecule has 0 unspecified atom stereocenters. The van der Waals surface area contributed by atoms with Crippen LogP contribution in [-0.2, 0) is 0 Å². The Morgan fingerprint density at radius 1 is 1.15 bits per heavy atom. The van der Waals surface area contributed by atoms with Crippen LogP contribution in [0.1, 0.15) is 54.4 Å². The zero-order valence-electron chi connectivity index (χ0n) is 12.3. The number of benzene rings is 1. The lowest BCUT2D eigenvalue weighted by atomic mass is 9.98. The van der Waals surface area contributed by atoms with Crippen LogP contribution < -0.4 is 4.74 Å². The van der Waals surface area contributed by atoms with Gasteiger partial charge in [-0.05, 0) is 48.9 Å². The first-order chi connectivity index (χ1) is 9.49. The third-order valence-corrected chi connectivity index (χ3v) is 3.89. The van der Waals surface area contributed by atoms with Gasteiger partial charge in [-0.1, -0.05) is 26.0 Å². The van der Waals surface area contributed by atoms with E-state index in [0.717, 1.165) is 10.4 Å². The molecule has 1 aromatic carbocycles. The number of hydrogen-bond donors (Lipinski definition) is 0.